The lowest BCUT2D eigenvalue weighted by atomic mass is 10.1. The van der Waals surface area contributed by atoms with Gasteiger partial charge in [-0.15, -0.1) is 0 Å². The Bertz CT molecular complexity index is 853. The highest BCUT2D eigenvalue weighted by molar-refractivity contribution is 5.14. The van der Waals surface area contributed by atoms with Crippen LogP contribution >= 0.6 is 0 Å². The molecule has 3 rings (SSSR count). The van der Waals surface area contributed by atoms with Crippen LogP contribution in [-0.2, 0) is 30.7 Å². The molecule has 0 amide bonds. The predicted molar refractivity (Wildman–Crippen MR) is 119 cm³/mol. The Kier molecular flexibility index (Phi) is 6.81. The number of rotatable bonds is 8. The molecule has 0 bridgehead atoms. The number of nitrogens with zero attached hydrogens (tertiary/aromatic N) is 5. The Balaban J connectivity index is 1.64. The summed E-state index contributed by atoms with van der Waals surface area (Å²) >= 11 is 0. The highest BCUT2D eigenvalue weighted by Crippen LogP contribution is 2.11. The number of imidazole rings is 2. The minimum absolute atomic E-state index is 0.0572. The Morgan fingerprint density at radius 1 is 0.900 bits per heavy atom. The lowest BCUT2D eigenvalue weighted by Gasteiger charge is -2.22. The average Bonchev–Trinajstić information content (AvgIpc) is 3.34. The highest BCUT2D eigenvalue weighted by atomic mass is 15.2. The summed E-state index contributed by atoms with van der Waals surface area (Å²) in [6.07, 6.45) is 15.4. The van der Waals surface area contributed by atoms with Crippen molar-refractivity contribution in [3.8, 4) is 0 Å². The molecule has 0 aliphatic carbocycles. The number of hydrogen-bond donors (Lipinski definition) is 0. The van der Waals surface area contributed by atoms with Gasteiger partial charge in [-0.05, 0) is 71.9 Å². The summed E-state index contributed by atoms with van der Waals surface area (Å²) in [4.78, 5) is 2.51. The van der Waals surface area contributed by atoms with Gasteiger partial charge in [0.25, 0.3) is 0 Å². The van der Waals surface area contributed by atoms with Gasteiger partial charge in [0, 0.05) is 19.6 Å². The van der Waals surface area contributed by atoms with Crippen LogP contribution in [0.3, 0.4) is 0 Å². The molecule has 0 radical (unpaired) electrons. The van der Waals surface area contributed by atoms with Crippen molar-refractivity contribution in [2.75, 3.05) is 13.1 Å². The maximum atomic E-state index is 3.46. The van der Waals surface area contributed by atoms with Gasteiger partial charge in [-0.1, -0.05) is 30.3 Å². The maximum absolute atomic E-state index is 3.46. The van der Waals surface area contributed by atoms with Crippen LogP contribution in [0.2, 0.25) is 0 Å². The van der Waals surface area contributed by atoms with Crippen molar-refractivity contribution < 1.29 is 9.13 Å². The normalized spacial score (nSPS) is 12.6. The smallest absolute Gasteiger partial charge is 0.204 e. The molecule has 0 aliphatic rings. The zero-order valence-corrected chi connectivity index (χ0v) is 19.5. The first-order valence-corrected chi connectivity index (χ1v) is 10.9. The Morgan fingerprint density at radius 3 is 2.23 bits per heavy atom. The maximum Gasteiger partial charge on any atom is 0.204 e. The van der Waals surface area contributed by atoms with Crippen molar-refractivity contribution in [3.63, 3.8) is 0 Å². The highest BCUT2D eigenvalue weighted by Gasteiger charge is 2.16. The third-order valence-electron chi connectivity index (χ3n) is 5.27. The van der Waals surface area contributed by atoms with E-state index in [-0.39, 0.29) is 11.1 Å². The lowest BCUT2D eigenvalue weighted by Crippen LogP contribution is -2.49. The molecule has 3 aromatic rings. The van der Waals surface area contributed by atoms with Gasteiger partial charge >= 0.3 is 0 Å². The topological polar surface area (TPSA) is 20.9 Å². The lowest BCUT2D eigenvalue weighted by molar-refractivity contribution is -0.757. The molecule has 30 heavy (non-hydrogen) atoms. The molecule has 0 N–H and O–H groups in total. The van der Waals surface area contributed by atoms with E-state index in [2.05, 4.69) is 132 Å². The van der Waals surface area contributed by atoms with Crippen molar-refractivity contribution in [3.05, 3.63) is 73.3 Å². The molecule has 1 aromatic carbocycles. The molecule has 0 spiro atoms. The average molecular weight is 408 g/mol. The van der Waals surface area contributed by atoms with Gasteiger partial charge in [-0.25, -0.2) is 0 Å². The van der Waals surface area contributed by atoms with Crippen LogP contribution in [0.1, 0.15) is 47.1 Å². The summed E-state index contributed by atoms with van der Waals surface area (Å²) in [5.74, 6) is 0. The molecule has 0 fully saturated rings. The van der Waals surface area contributed by atoms with Crippen LogP contribution in [0.25, 0.3) is 0 Å². The molecule has 0 atom stereocenters. The summed E-state index contributed by atoms with van der Waals surface area (Å²) in [7, 11) is 0. The second-order valence-electron chi connectivity index (χ2n) is 10.0. The van der Waals surface area contributed by atoms with Gasteiger partial charge in [-0.2, -0.15) is 0 Å². The molecular formula is C25H37N5. The van der Waals surface area contributed by atoms with Crippen LogP contribution in [0.4, 0.5) is 0 Å². The molecule has 5 heteroatoms. The quantitative estimate of drug-likeness (QED) is 0.415. The second kappa shape index (κ2) is 9.17. The molecule has 2 aromatic heterocycles. The number of aromatic nitrogens is 4. The van der Waals surface area contributed by atoms with Crippen molar-refractivity contribution in [1.29, 1.82) is 0 Å². The summed E-state index contributed by atoms with van der Waals surface area (Å²) in [6.45, 7) is 18.0. The van der Waals surface area contributed by atoms with Gasteiger partial charge in [0.05, 0.1) is 24.2 Å². The van der Waals surface area contributed by atoms with Crippen LogP contribution in [-0.4, -0.2) is 27.1 Å². The largest absolute Gasteiger partial charge is 0.350 e. The van der Waals surface area contributed by atoms with Gasteiger partial charge in [0.1, 0.15) is 0 Å². The van der Waals surface area contributed by atoms with E-state index in [4.69, 9.17) is 0 Å². The van der Waals surface area contributed by atoms with Crippen LogP contribution in [0, 0.1) is 12.7 Å². The summed E-state index contributed by atoms with van der Waals surface area (Å²) < 4.78 is 8.63. The van der Waals surface area contributed by atoms with E-state index in [9.17, 15) is 0 Å². The molecule has 0 unspecified atom stereocenters. The summed E-state index contributed by atoms with van der Waals surface area (Å²) in [6, 6.07) is 10.7. The van der Waals surface area contributed by atoms with Gasteiger partial charge in [-0.3, -0.25) is 4.90 Å². The Morgan fingerprint density at radius 2 is 1.63 bits per heavy atom. The van der Waals surface area contributed by atoms with Crippen molar-refractivity contribution >= 4 is 0 Å². The van der Waals surface area contributed by atoms with E-state index in [1.165, 1.54) is 5.56 Å². The first-order chi connectivity index (χ1) is 14.1. The van der Waals surface area contributed by atoms with Crippen molar-refractivity contribution in [2.24, 2.45) is 0 Å². The van der Waals surface area contributed by atoms with Gasteiger partial charge < -0.3 is 18.3 Å². The molecule has 0 saturated carbocycles. The van der Waals surface area contributed by atoms with Crippen LogP contribution < -0.4 is 9.13 Å². The third-order valence-corrected chi connectivity index (χ3v) is 5.27. The molecule has 5 nitrogen and oxygen atoms in total. The van der Waals surface area contributed by atoms with E-state index in [1.54, 1.807) is 0 Å². The van der Waals surface area contributed by atoms with Crippen LogP contribution in [0.15, 0.2) is 55.1 Å². The summed E-state index contributed by atoms with van der Waals surface area (Å²) in [5, 5.41) is 0. The molecule has 162 valence electrons. The zero-order chi connectivity index (χ0) is 21.8. The Hall–Kier alpha value is -2.40. The first-order valence-electron chi connectivity index (χ1n) is 10.9. The van der Waals surface area contributed by atoms with E-state index >= 15 is 0 Å². The third kappa shape index (κ3) is 6.30. The Labute approximate surface area is 182 Å². The number of hydrogen-bond acceptors (Lipinski definition) is 1. The van der Waals surface area contributed by atoms with E-state index in [0.717, 1.165) is 32.7 Å². The molecule has 0 aliphatic heterocycles. The fourth-order valence-corrected chi connectivity index (χ4v) is 3.31. The monoisotopic (exact) mass is 407 g/mol. The van der Waals surface area contributed by atoms with Gasteiger partial charge in [0.2, 0.25) is 12.7 Å². The second-order valence-corrected chi connectivity index (χ2v) is 10.0. The van der Waals surface area contributed by atoms with Gasteiger partial charge in [0.15, 0.2) is 0 Å². The summed E-state index contributed by atoms with van der Waals surface area (Å²) in [5.41, 5.74) is 1.46. The fraction of sp³-hybridized carbons (Fsp3) is 0.520. The first kappa shape index (κ1) is 22.3. The minimum Gasteiger partial charge on any atom is -0.350 e. The van der Waals surface area contributed by atoms with Crippen molar-refractivity contribution in [2.45, 2.75) is 72.3 Å². The van der Waals surface area contributed by atoms with Crippen LogP contribution in [0.5, 0.6) is 0 Å². The van der Waals surface area contributed by atoms with E-state index < -0.39 is 0 Å². The van der Waals surface area contributed by atoms with Crippen molar-refractivity contribution in [1.82, 2.24) is 14.0 Å². The minimum atomic E-state index is 0.0572. The van der Waals surface area contributed by atoms with E-state index in [1.807, 2.05) is 0 Å². The molecular weight excluding hydrogens is 370 g/mol. The predicted octanol–water partition coefficient (Wildman–Crippen LogP) is 3.18. The fourth-order valence-electron chi connectivity index (χ4n) is 3.31. The number of benzene rings is 1. The zero-order valence-electron chi connectivity index (χ0n) is 19.5. The SMILES string of the molecule is CC(C)(C)n1[c-][n+](CCN(CCn2[c-][n+](C(C)(C)C)cc2)Cc2ccccc2)cc1. The molecule has 0 saturated heterocycles. The standard InChI is InChI=1S/C25H37N5/c1-24(2,3)29-18-16-27(21-29)14-12-26(20-23-10-8-7-9-11-23)13-15-28-17-19-30(22-28)25(4,5)6/h7-11,16-19H,12-15,20H2,1-6H3. The van der Waals surface area contributed by atoms with E-state index in [0.29, 0.717) is 0 Å². The molecule has 2 heterocycles.